The van der Waals surface area contributed by atoms with Crippen LogP contribution in [0.5, 0.6) is 0 Å². The molecule has 0 radical (unpaired) electrons. The lowest BCUT2D eigenvalue weighted by Crippen LogP contribution is -2.28. The van der Waals surface area contributed by atoms with Crippen LogP contribution in [0.25, 0.3) is 0 Å². The molecule has 0 rings (SSSR count). The van der Waals surface area contributed by atoms with Gasteiger partial charge >= 0.3 is 11.9 Å². The first-order chi connectivity index (χ1) is 30.6. The summed E-state index contributed by atoms with van der Waals surface area (Å²) in [6, 6.07) is 0. The van der Waals surface area contributed by atoms with E-state index in [2.05, 4.69) is 50.3 Å². The fraction of sp³-hybridized carbons (Fsp3) is 0.860. The highest BCUT2D eigenvalue weighted by Crippen LogP contribution is 2.17. The summed E-state index contributed by atoms with van der Waals surface area (Å²) in [6.07, 6.45) is 68.5. The van der Waals surface area contributed by atoms with Crippen LogP contribution in [0.2, 0.25) is 0 Å². The molecule has 1 atom stereocenters. The molecule has 0 saturated heterocycles. The second-order valence-electron chi connectivity index (χ2n) is 18.7. The Kier molecular flexibility index (Phi) is 51.8. The lowest BCUT2D eigenvalue weighted by Gasteiger charge is -2.15. The van der Waals surface area contributed by atoms with Crippen LogP contribution in [-0.2, 0) is 19.1 Å². The van der Waals surface area contributed by atoms with Gasteiger partial charge in [-0.25, -0.2) is 0 Å². The van der Waals surface area contributed by atoms with Crippen LogP contribution in [0.1, 0.15) is 296 Å². The summed E-state index contributed by atoms with van der Waals surface area (Å²) >= 11 is 0. The van der Waals surface area contributed by atoms with Crippen LogP contribution >= 0.6 is 0 Å². The Bertz CT molecular complexity index is 986. The Morgan fingerprint density at radius 1 is 0.371 bits per heavy atom. The molecule has 0 spiro atoms. The van der Waals surface area contributed by atoms with E-state index in [1.807, 2.05) is 0 Å². The lowest BCUT2D eigenvalue weighted by molar-refractivity contribution is -0.161. The Morgan fingerprint density at radius 3 is 1.03 bits per heavy atom. The summed E-state index contributed by atoms with van der Waals surface area (Å²) in [5, 5.41) is 9.60. The molecule has 0 aromatic rings. The number of carbonyl (C=O) groups excluding carboxylic acids is 2. The standard InChI is InChI=1S/C57H106O5/c1-3-5-7-9-11-13-15-17-18-19-20-21-22-23-24-25-26-27-28-29-30-31-32-33-34-35-36-37-38-40-41-43-45-47-49-51-56(59)61-54-55(53-58)62-57(60)52-50-48-46-44-42-39-16-14-12-10-8-6-4-2/h8,10,14,16,19-20,55,58H,3-7,9,11-13,15,17-18,21-54H2,1-2H3/b10-8-,16-14-,20-19-. The molecule has 1 unspecified atom stereocenters. The maximum atomic E-state index is 12.2. The molecular formula is C57H106O5. The third kappa shape index (κ3) is 50.8. The zero-order valence-electron chi connectivity index (χ0n) is 41.6. The minimum Gasteiger partial charge on any atom is -0.462 e. The summed E-state index contributed by atoms with van der Waals surface area (Å²) < 4.78 is 10.7. The van der Waals surface area contributed by atoms with Gasteiger partial charge in [-0.05, 0) is 64.2 Å². The first-order valence-corrected chi connectivity index (χ1v) is 27.5. The van der Waals surface area contributed by atoms with Gasteiger partial charge < -0.3 is 14.6 Å². The van der Waals surface area contributed by atoms with Crippen molar-refractivity contribution in [2.45, 2.75) is 302 Å². The van der Waals surface area contributed by atoms with Gasteiger partial charge in [-0.3, -0.25) is 9.59 Å². The summed E-state index contributed by atoms with van der Waals surface area (Å²) in [7, 11) is 0. The van der Waals surface area contributed by atoms with Crippen molar-refractivity contribution >= 4 is 11.9 Å². The van der Waals surface area contributed by atoms with Crippen LogP contribution < -0.4 is 0 Å². The van der Waals surface area contributed by atoms with E-state index in [0.29, 0.717) is 12.8 Å². The van der Waals surface area contributed by atoms with E-state index in [1.165, 1.54) is 212 Å². The van der Waals surface area contributed by atoms with Crippen LogP contribution in [0, 0.1) is 0 Å². The number of unbranched alkanes of at least 4 members (excludes halogenated alkanes) is 37. The summed E-state index contributed by atoms with van der Waals surface area (Å²) in [5.41, 5.74) is 0. The topological polar surface area (TPSA) is 72.8 Å². The largest absolute Gasteiger partial charge is 0.462 e. The summed E-state index contributed by atoms with van der Waals surface area (Å²) in [5.74, 6) is -0.596. The highest BCUT2D eigenvalue weighted by molar-refractivity contribution is 5.70. The second-order valence-corrected chi connectivity index (χ2v) is 18.7. The molecular weight excluding hydrogens is 765 g/mol. The van der Waals surface area contributed by atoms with Gasteiger partial charge in [0.1, 0.15) is 6.61 Å². The van der Waals surface area contributed by atoms with Gasteiger partial charge in [0.25, 0.3) is 0 Å². The normalized spacial score (nSPS) is 12.4. The number of aliphatic hydroxyl groups excluding tert-OH is 1. The van der Waals surface area contributed by atoms with Crippen molar-refractivity contribution in [3.05, 3.63) is 36.5 Å². The van der Waals surface area contributed by atoms with Crippen molar-refractivity contribution in [3.63, 3.8) is 0 Å². The quantitative estimate of drug-likeness (QED) is 0.0374. The van der Waals surface area contributed by atoms with E-state index in [1.54, 1.807) is 0 Å². The van der Waals surface area contributed by atoms with Gasteiger partial charge in [0.15, 0.2) is 6.10 Å². The maximum Gasteiger partial charge on any atom is 0.306 e. The molecule has 5 nitrogen and oxygen atoms in total. The van der Waals surface area contributed by atoms with Gasteiger partial charge in [0.05, 0.1) is 6.61 Å². The molecule has 0 fully saturated rings. The van der Waals surface area contributed by atoms with Crippen LogP contribution in [0.4, 0.5) is 0 Å². The molecule has 62 heavy (non-hydrogen) atoms. The second kappa shape index (κ2) is 53.5. The third-order valence-electron chi connectivity index (χ3n) is 12.4. The van der Waals surface area contributed by atoms with Crippen LogP contribution in [0.3, 0.4) is 0 Å². The zero-order chi connectivity index (χ0) is 44.9. The minimum atomic E-state index is -0.776. The number of aliphatic hydroxyl groups is 1. The van der Waals surface area contributed by atoms with E-state index in [4.69, 9.17) is 9.47 Å². The van der Waals surface area contributed by atoms with Crippen molar-refractivity contribution in [1.82, 2.24) is 0 Å². The first kappa shape index (κ1) is 60.1. The van der Waals surface area contributed by atoms with E-state index in [0.717, 1.165) is 57.8 Å². The fourth-order valence-electron chi connectivity index (χ4n) is 8.24. The molecule has 0 amide bonds. The highest BCUT2D eigenvalue weighted by Gasteiger charge is 2.16. The molecule has 0 heterocycles. The average Bonchev–Trinajstić information content (AvgIpc) is 3.28. The summed E-state index contributed by atoms with van der Waals surface area (Å²) in [4.78, 5) is 24.4. The molecule has 0 aromatic carbocycles. The van der Waals surface area contributed by atoms with Crippen molar-refractivity contribution in [1.29, 1.82) is 0 Å². The SMILES string of the molecule is CCC/C=C\C/C=C\CCCCCCCC(=O)OC(CO)COC(=O)CCCCCCCCCCCCCCCCCCCCCCCCC/C=C\CCCCCCCCCC. The van der Waals surface area contributed by atoms with Gasteiger partial charge in [-0.1, -0.05) is 256 Å². The van der Waals surface area contributed by atoms with Crippen molar-refractivity contribution < 1.29 is 24.2 Å². The molecule has 0 saturated carbocycles. The van der Waals surface area contributed by atoms with Crippen molar-refractivity contribution in [2.24, 2.45) is 0 Å². The smallest absolute Gasteiger partial charge is 0.306 e. The number of hydrogen-bond donors (Lipinski definition) is 1. The molecule has 0 aliphatic carbocycles. The van der Waals surface area contributed by atoms with Crippen LogP contribution in [0.15, 0.2) is 36.5 Å². The van der Waals surface area contributed by atoms with Gasteiger partial charge in [0.2, 0.25) is 0 Å². The highest BCUT2D eigenvalue weighted by atomic mass is 16.6. The molecule has 0 aromatic heterocycles. The van der Waals surface area contributed by atoms with Gasteiger partial charge in [-0.2, -0.15) is 0 Å². The molecule has 0 aliphatic rings. The summed E-state index contributed by atoms with van der Waals surface area (Å²) in [6.45, 7) is 4.09. The van der Waals surface area contributed by atoms with E-state index >= 15 is 0 Å². The maximum absolute atomic E-state index is 12.2. The van der Waals surface area contributed by atoms with E-state index < -0.39 is 6.10 Å². The predicted molar refractivity (Wildman–Crippen MR) is 270 cm³/mol. The number of esters is 2. The molecule has 364 valence electrons. The van der Waals surface area contributed by atoms with Crippen LogP contribution in [-0.4, -0.2) is 36.4 Å². The molecule has 1 N–H and O–H groups in total. The Balaban J connectivity index is 3.37. The first-order valence-electron chi connectivity index (χ1n) is 27.5. The Morgan fingerprint density at radius 2 is 0.677 bits per heavy atom. The molecule has 5 heteroatoms. The number of rotatable bonds is 51. The van der Waals surface area contributed by atoms with E-state index in [-0.39, 0.29) is 25.2 Å². The molecule has 0 bridgehead atoms. The Hall–Kier alpha value is -1.88. The number of ether oxygens (including phenoxy) is 2. The number of carbonyl (C=O) groups is 2. The van der Waals surface area contributed by atoms with Crippen molar-refractivity contribution in [2.75, 3.05) is 13.2 Å². The van der Waals surface area contributed by atoms with E-state index in [9.17, 15) is 14.7 Å². The predicted octanol–water partition coefficient (Wildman–Crippen LogP) is 18.3. The average molecular weight is 871 g/mol. The number of hydrogen-bond acceptors (Lipinski definition) is 5. The minimum absolute atomic E-state index is 0.0679. The van der Waals surface area contributed by atoms with Crippen molar-refractivity contribution in [3.8, 4) is 0 Å². The third-order valence-corrected chi connectivity index (χ3v) is 12.4. The number of allylic oxidation sites excluding steroid dienone is 6. The monoisotopic (exact) mass is 871 g/mol. The zero-order valence-corrected chi connectivity index (χ0v) is 41.6. The van der Waals surface area contributed by atoms with Gasteiger partial charge in [0, 0.05) is 12.8 Å². The Labute approximate surface area is 386 Å². The molecule has 0 aliphatic heterocycles. The lowest BCUT2D eigenvalue weighted by atomic mass is 10.0. The fourth-order valence-corrected chi connectivity index (χ4v) is 8.24. The van der Waals surface area contributed by atoms with Gasteiger partial charge in [-0.15, -0.1) is 0 Å².